The molecular formula is C15H21ClFNO. The van der Waals surface area contributed by atoms with Crippen molar-refractivity contribution in [2.24, 2.45) is 5.92 Å². The third-order valence-corrected chi connectivity index (χ3v) is 3.90. The minimum absolute atomic E-state index is 0.128. The van der Waals surface area contributed by atoms with Crippen LogP contribution in [0.2, 0.25) is 5.02 Å². The van der Waals surface area contributed by atoms with Gasteiger partial charge in [0.1, 0.15) is 18.2 Å². The zero-order chi connectivity index (χ0) is 13.5. The predicted molar refractivity (Wildman–Crippen MR) is 76.3 cm³/mol. The summed E-state index contributed by atoms with van der Waals surface area (Å²) in [6, 6.07) is 4.53. The van der Waals surface area contributed by atoms with Crippen LogP contribution in [0, 0.1) is 11.7 Å². The third-order valence-electron chi connectivity index (χ3n) is 3.60. The van der Waals surface area contributed by atoms with Crippen molar-refractivity contribution in [1.82, 2.24) is 5.32 Å². The molecule has 1 aliphatic carbocycles. The molecule has 1 aliphatic rings. The average molecular weight is 286 g/mol. The maximum Gasteiger partial charge on any atom is 0.145 e. The Morgan fingerprint density at radius 2 is 2.05 bits per heavy atom. The van der Waals surface area contributed by atoms with Gasteiger partial charge in [0, 0.05) is 12.6 Å². The van der Waals surface area contributed by atoms with Crippen molar-refractivity contribution in [1.29, 1.82) is 0 Å². The van der Waals surface area contributed by atoms with Crippen molar-refractivity contribution in [2.75, 3.05) is 19.7 Å². The summed E-state index contributed by atoms with van der Waals surface area (Å²) in [5.74, 6) is 0.914. The minimum atomic E-state index is -0.436. The van der Waals surface area contributed by atoms with Gasteiger partial charge in [-0.2, -0.15) is 0 Å². The molecule has 0 atom stereocenters. The number of benzene rings is 1. The SMILES string of the molecule is Fc1cc(OCCNCC2CCCCC2)ccc1Cl. The lowest BCUT2D eigenvalue weighted by Crippen LogP contribution is -2.28. The first-order valence-corrected chi connectivity index (χ1v) is 7.42. The van der Waals surface area contributed by atoms with Gasteiger partial charge >= 0.3 is 0 Å². The highest BCUT2D eigenvalue weighted by Crippen LogP contribution is 2.22. The van der Waals surface area contributed by atoms with Crippen molar-refractivity contribution < 1.29 is 9.13 Å². The number of halogens is 2. The van der Waals surface area contributed by atoms with E-state index in [0.29, 0.717) is 12.4 Å². The Labute approximate surface area is 119 Å². The molecule has 1 aromatic rings. The minimum Gasteiger partial charge on any atom is -0.492 e. The topological polar surface area (TPSA) is 21.3 Å². The van der Waals surface area contributed by atoms with Crippen LogP contribution < -0.4 is 10.1 Å². The molecule has 1 fully saturated rings. The van der Waals surface area contributed by atoms with E-state index in [0.717, 1.165) is 19.0 Å². The Morgan fingerprint density at radius 1 is 1.26 bits per heavy atom. The predicted octanol–water partition coefficient (Wildman–Crippen LogP) is 4.03. The highest BCUT2D eigenvalue weighted by atomic mass is 35.5. The molecule has 0 spiro atoms. The maximum atomic E-state index is 13.2. The summed E-state index contributed by atoms with van der Waals surface area (Å²) in [7, 11) is 0. The molecule has 106 valence electrons. The van der Waals surface area contributed by atoms with Gasteiger partial charge < -0.3 is 10.1 Å². The fourth-order valence-corrected chi connectivity index (χ4v) is 2.62. The largest absolute Gasteiger partial charge is 0.492 e. The van der Waals surface area contributed by atoms with E-state index < -0.39 is 5.82 Å². The van der Waals surface area contributed by atoms with Gasteiger partial charge in [-0.15, -0.1) is 0 Å². The number of hydrogen-bond acceptors (Lipinski definition) is 2. The van der Waals surface area contributed by atoms with Crippen LogP contribution in [0.4, 0.5) is 4.39 Å². The monoisotopic (exact) mass is 285 g/mol. The number of hydrogen-bond donors (Lipinski definition) is 1. The van der Waals surface area contributed by atoms with E-state index in [1.54, 1.807) is 6.07 Å². The maximum absolute atomic E-state index is 13.2. The molecule has 0 aliphatic heterocycles. The molecule has 1 aromatic carbocycles. The third kappa shape index (κ3) is 5.00. The number of rotatable bonds is 6. The summed E-state index contributed by atoms with van der Waals surface area (Å²) in [5, 5.41) is 3.53. The van der Waals surface area contributed by atoms with Gasteiger partial charge in [-0.25, -0.2) is 4.39 Å². The lowest BCUT2D eigenvalue weighted by molar-refractivity contribution is 0.293. The molecule has 0 bridgehead atoms. The second-order valence-corrected chi connectivity index (χ2v) is 5.54. The van der Waals surface area contributed by atoms with E-state index in [9.17, 15) is 4.39 Å². The Kier molecular flexibility index (Phi) is 5.93. The average Bonchev–Trinajstić information content (AvgIpc) is 2.43. The van der Waals surface area contributed by atoms with E-state index in [4.69, 9.17) is 16.3 Å². The summed E-state index contributed by atoms with van der Waals surface area (Å²) in [5.41, 5.74) is 0. The summed E-state index contributed by atoms with van der Waals surface area (Å²) in [6.45, 7) is 2.41. The van der Waals surface area contributed by atoms with Crippen LogP contribution >= 0.6 is 11.6 Å². The molecule has 0 amide bonds. The standard InChI is InChI=1S/C15H21ClFNO/c16-14-7-6-13(10-15(14)17)19-9-8-18-11-12-4-2-1-3-5-12/h6-7,10,12,18H,1-5,8-9,11H2. The molecule has 1 N–H and O–H groups in total. The zero-order valence-electron chi connectivity index (χ0n) is 11.1. The van der Waals surface area contributed by atoms with E-state index in [1.165, 1.54) is 44.2 Å². The Bertz CT molecular complexity index is 394. The smallest absolute Gasteiger partial charge is 0.145 e. The quantitative estimate of drug-likeness (QED) is 0.797. The van der Waals surface area contributed by atoms with Gasteiger partial charge in [0.2, 0.25) is 0 Å². The van der Waals surface area contributed by atoms with Gasteiger partial charge in [-0.3, -0.25) is 0 Å². The van der Waals surface area contributed by atoms with Crippen LogP contribution in [0.25, 0.3) is 0 Å². The van der Waals surface area contributed by atoms with Gasteiger partial charge in [0.05, 0.1) is 5.02 Å². The normalized spacial score (nSPS) is 16.5. The number of nitrogens with one attached hydrogen (secondary N) is 1. The number of ether oxygens (including phenoxy) is 1. The first kappa shape index (κ1) is 14.6. The fourth-order valence-electron chi connectivity index (χ4n) is 2.51. The van der Waals surface area contributed by atoms with E-state index in [1.807, 2.05) is 0 Å². The molecule has 19 heavy (non-hydrogen) atoms. The zero-order valence-corrected chi connectivity index (χ0v) is 11.9. The van der Waals surface area contributed by atoms with Crippen molar-refractivity contribution in [3.05, 3.63) is 29.0 Å². The van der Waals surface area contributed by atoms with Gasteiger partial charge in [0.15, 0.2) is 0 Å². The molecule has 4 heteroatoms. The van der Waals surface area contributed by atoms with Crippen molar-refractivity contribution >= 4 is 11.6 Å². The Morgan fingerprint density at radius 3 is 2.79 bits per heavy atom. The summed E-state index contributed by atoms with van der Waals surface area (Å²) in [4.78, 5) is 0. The van der Waals surface area contributed by atoms with Gasteiger partial charge in [0.25, 0.3) is 0 Å². The van der Waals surface area contributed by atoms with E-state index in [-0.39, 0.29) is 5.02 Å². The van der Waals surface area contributed by atoms with Gasteiger partial charge in [-0.05, 0) is 37.4 Å². The molecule has 2 nitrogen and oxygen atoms in total. The molecular weight excluding hydrogens is 265 g/mol. The molecule has 0 unspecified atom stereocenters. The molecule has 0 saturated heterocycles. The summed E-state index contributed by atoms with van der Waals surface area (Å²) < 4.78 is 18.6. The van der Waals surface area contributed by atoms with Crippen molar-refractivity contribution in [3.63, 3.8) is 0 Å². The Hall–Kier alpha value is -0.800. The van der Waals surface area contributed by atoms with Crippen molar-refractivity contribution in [2.45, 2.75) is 32.1 Å². The van der Waals surface area contributed by atoms with Crippen LogP contribution in [0.15, 0.2) is 18.2 Å². The second kappa shape index (κ2) is 7.71. The second-order valence-electron chi connectivity index (χ2n) is 5.13. The molecule has 0 heterocycles. The molecule has 2 rings (SSSR count). The summed E-state index contributed by atoms with van der Waals surface area (Å²) in [6.07, 6.45) is 6.81. The lowest BCUT2D eigenvalue weighted by Gasteiger charge is -2.21. The molecule has 0 aromatic heterocycles. The highest BCUT2D eigenvalue weighted by Gasteiger charge is 2.12. The first-order valence-electron chi connectivity index (χ1n) is 7.04. The fraction of sp³-hybridized carbons (Fsp3) is 0.600. The van der Waals surface area contributed by atoms with Crippen LogP contribution in [0.1, 0.15) is 32.1 Å². The van der Waals surface area contributed by atoms with Crippen LogP contribution in [-0.4, -0.2) is 19.7 Å². The molecule has 1 saturated carbocycles. The first-order chi connectivity index (χ1) is 9.25. The summed E-state index contributed by atoms with van der Waals surface area (Å²) >= 11 is 5.61. The van der Waals surface area contributed by atoms with Crippen LogP contribution in [-0.2, 0) is 0 Å². The van der Waals surface area contributed by atoms with Crippen LogP contribution in [0.5, 0.6) is 5.75 Å². The highest BCUT2D eigenvalue weighted by molar-refractivity contribution is 6.30. The van der Waals surface area contributed by atoms with Crippen molar-refractivity contribution in [3.8, 4) is 5.75 Å². The van der Waals surface area contributed by atoms with E-state index >= 15 is 0 Å². The molecule has 0 radical (unpaired) electrons. The van der Waals surface area contributed by atoms with Gasteiger partial charge in [-0.1, -0.05) is 30.9 Å². The Balaban J connectivity index is 1.59. The van der Waals surface area contributed by atoms with E-state index in [2.05, 4.69) is 5.32 Å². The van der Waals surface area contributed by atoms with Crippen LogP contribution in [0.3, 0.4) is 0 Å². The lowest BCUT2D eigenvalue weighted by atomic mass is 9.89.